The van der Waals surface area contributed by atoms with Gasteiger partial charge in [-0.25, -0.2) is 4.98 Å². The lowest BCUT2D eigenvalue weighted by Gasteiger charge is -2.32. The molecular formula is C31H37N5O. The van der Waals surface area contributed by atoms with Crippen LogP contribution in [0.15, 0.2) is 79.1 Å². The van der Waals surface area contributed by atoms with Gasteiger partial charge in [-0.05, 0) is 54.7 Å². The van der Waals surface area contributed by atoms with Crippen LogP contribution >= 0.6 is 0 Å². The number of hydrogen-bond donors (Lipinski definition) is 1. The number of aryl methyl sites for hydroxylation is 1. The number of fused-ring (bicyclic) bond motifs is 1. The van der Waals surface area contributed by atoms with Crippen LogP contribution in [0.2, 0.25) is 0 Å². The average molecular weight is 496 g/mol. The average Bonchev–Trinajstić information content (AvgIpc) is 3.34. The maximum Gasteiger partial charge on any atom is 0.221 e. The molecule has 0 spiro atoms. The van der Waals surface area contributed by atoms with Crippen molar-refractivity contribution in [2.45, 2.75) is 44.7 Å². The molecule has 0 radical (unpaired) electrons. The quantitative estimate of drug-likeness (QED) is 0.373. The largest absolute Gasteiger partial charge is 0.378 e. The number of benzene rings is 2. The Labute approximate surface area is 219 Å². The van der Waals surface area contributed by atoms with Crippen LogP contribution in [0.1, 0.15) is 47.6 Å². The van der Waals surface area contributed by atoms with Crippen molar-refractivity contribution in [3.63, 3.8) is 0 Å². The van der Waals surface area contributed by atoms with Crippen LogP contribution in [0.4, 0.5) is 5.69 Å². The van der Waals surface area contributed by atoms with E-state index in [1.807, 2.05) is 32.6 Å². The van der Waals surface area contributed by atoms with E-state index < -0.39 is 0 Å². The van der Waals surface area contributed by atoms with Crippen LogP contribution in [-0.4, -0.2) is 53.4 Å². The zero-order valence-electron chi connectivity index (χ0n) is 22.1. The van der Waals surface area contributed by atoms with Crippen LogP contribution < -0.4 is 10.2 Å². The van der Waals surface area contributed by atoms with Crippen LogP contribution in [-0.2, 0) is 11.3 Å². The lowest BCUT2D eigenvalue weighted by atomic mass is 9.91. The first kappa shape index (κ1) is 25.0. The van der Waals surface area contributed by atoms with Crippen molar-refractivity contribution in [2.24, 2.45) is 0 Å². The fourth-order valence-electron chi connectivity index (χ4n) is 5.38. The van der Waals surface area contributed by atoms with E-state index in [9.17, 15) is 4.79 Å². The molecule has 6 nitrogen and oxygen atoms in total. The number of hydrogen-bond acceptors (Lipinski definition) is 4. The number of carbonyl (C=O) groups is 1. The number of carbonyl (C=O) groups excluding carboxylic acids is 1. The molecule has 2 aromatic heterocycles. The zero-order chi connectivity index (χ0) is 25.8. The number of imidazole rings is 1. The molecule has 0 bridgehead atoms. The van der Waals surface area contributed by atoms with Gasteiger partial charge in [-0.2, -0.15) is 0 Å². The Morgan fingerprint density at radius 3 is 2.46 bits per heavy atom. The molecule has 37 heavy (non-hydrogen) atoms. The molecule has 1 N–H and O–H groups in total. The second-order valence-electron chi connectivity index (χ2n) is 10.4. The van der Waals surface area contributed by atoms with Crippen molar-refractivity contribution >= 4 is 17.2 Å². The highest BCUT2D eigenvalue weighted by Crippen LogP contribution is 2.31. The van der Waals surface area contributed by atoms with Gasteiger partial charge in [0.25, 0.3) is 0 Å². The Morgan fingerprint density at radius 2 is 1.76 bits per heavy atom. The number of likely N-dealkylation sites (tertiary alicyclic amines) is 1. The number of nitrogens with one attached hydrogen (secondary N) is 1. The van der Waals surface area contributed by atoms with Gasteiger partial charge in [0.15, 0.2) is 0 Å². The molecule has 1 aliphatic rings. The minimum absolute atomic E-state index is 0.0776. The lowest BCUT2D eigenvalue weighted by Crippen LogP contribution is -2.44. The predicted octanol–water partition coefficient (Wildman–Crippen LogP) is 5.01. The van der Waals surface area contributed by atoms with Crippen LogP contribution in [0.3, 0.4) is 0 Å². The van der Waals surface area contributed by atoms with Gasteiger partial charge in [-0.1, -0.05) is 48.5 Å². The molecule has 192 valence electrons. The molecular weight excluding hydrogens is 458 g/mol. The van der Waals surface area contributed by atoms with Gasteiger partial charge in [0.2, 0.25) is 5.91 Å². The topological polar surface area (TPSA) is 52.9 Å². The standard InChI is InChI=1S/C31H37N5O/c1-23-8-7-17-36-29(21-32-31(23)36)28(25-11-13-27(14-12-25)34(2)3)20-30(37)33-26-15-18-35(19-16-26)22-24-9-5-4-6-10-24/h4-14,17,21,26,28H,15-16,18-20,22H2,1-3H3,(H,33,37). The normalized spacial score (nSPS) is 15.5. The summed E-state index contributed by atoms with van der Waals surface area (Å²) in [5, 5.41) is 3.35. The monoisotopic (exact) mass is 495 g/mol. The highest BCUT2D eigenvalue weighted by atomic mass is 16.1. The van der Waals surface area contributed by atoms with E-state index in [0.717, 1.165) is 60.6 Å². The molecule has 5 rings (SSSR count). The lowest BCUT2D eigenvalue weighted by molar-refractivity contribution is -0.122. The second kappa shape index (κ2) is 11.2. The van der Waals surface area contributed by atoms with E-state index in [0.29, 0.717) is 6.42 Å². The Hall–Kier alpha value is -3.64. The summed E-state index contributed by atoms with van der Waals surface area (Å²) in [4.78, 5) is 22.6. The van der Waals surface area contributed by atoms with Crippen molar-refractivity contribution in [1.29, 1.82) is 0 Å². The predicted molar refractivity (Wildman–Crippen MR) is 150 cm³/mol. The zero-order valence-corrected chi connectivity index (χ0v) is 22.1. The maximum atomic E-state index is 13.4. The molecule has 0 saturated carbocycles. The molecule has 0 aliphatic carbocycles. The molecule has 3 heterocycles. The van der Waals surface area contributed by atoms with Gasteiger partial charge in [-0.15, -0.1) is 0 Å². The third-order valence-electron chi connectivity index (χ3n) is 7.52. The van der Waals surface area contributed by atoms with E-state index in [1.165, 1.54) is 5.56 Å². The molecule has 2 aromatic carbocycles. The number of anilines is 1. The minimum atomic E-state index is -0.0776. The third-order valence-corrected chi connectivity index (χ3v) is 7.52. The number of piperidine rings is 1. The van der Waals surface area contributed by atoms with E-state index >= 15 is 0 Å². The number of rotatable bonds is 8. The summed E-state index contributed by atoms with van der Waals surface area (Å²) in [6.07, 6.45) is 6.34. The van der Waals surface area contributed by atoms with Gasteiger partial charge in [0, 0.05) is 70.2 Å². The number of nitrogens with zero attached hydrogens (tertiary/aromatic N) is 4. The van der Waals surface area contributed by atoms with E-state index in [4.69, 9.17) is 4.98 Å². The van der Waals surface area contributed by atoms with E-state index in [-0.39, 0.29) is 17.9 Å². The first-order chi connectivity index (χ1) is 18.0. The Bertz CT molecular complexity index is 1320. The Morgan fingerprint density at radius 1 is 1.03 bits per heavy atom. The summed E-state index contributed by atoms with van der Waals surface area (Å²) in [5.41, 5.74) is 6.73. The molecule has 1 amide bonds. The van der Waals surface area contributed by atoms with Crippen molar-refractivity contribution in [3.8, 4) is 0 Å². The summed E-state index contributed by atoms with van der Waals surface area (Å²) in [7, 11) is 4.08. The molecule has 6 heteroatoms. The fourth-order valence-corrected chi connectivity index (χ4v) is 5.38. The highest BCUT2D eigenvalue weighted by Gasteiger charge is 2.25. The molecule has 1 saturated heterocycles. The highest BCUT2D eigenvalue weighted by molar-refractivity contribution is 5.78. The summed E-state index contributed by atoms with van der Waals surface area (Å²) in [6, 6.07) is 23.5. The van der Waals surface area contributed by atoms with Crippen molar-refractivity contribution in [3.05, 3.63) is 102 Å². The van der Waals surface area contributed by atoms with Crippen molar-refractivity contribution in [1.82, 2.24) is 19.6 Å². The van der Waals surface area contributed by atoms with Crippen molar-refractivity contribution < 1.29 is 4.79 Å². The molecule has 1 unspecified atom stereocenters. The summed E-state index contributed by atoms with van der Waals surface area (Å²) in [6.45, 7) is 5.05. The first-order valence-electron chi connectivity index (χ1n) is 13.2. The Kier molecular flexibility index (Phi) is 7.56. The van der Waals surface area contributed by atoms with Crippen molar-refractivity contribution in [2.75, 3.05) is 32.1 Å². The minimum Gasteiger partial charge on any atom is -0.378 e. The summed E-state index contributed by atoms with van der Waals surface area (Å²) in [5.74, 6) is 0.0250. The molecule has 1 aliphatic heterocycles. The molecule has 1 atom stereocenters. The Balaban J connectivity index is 1.29. The van der Waals surface area contributed by atoms with Crippen LogP contribution in [0.25, 0.3) is 5.65 Å². The SMILES string of the molecule is Cc1cccn2c(C(CC(=O)NC3CCN(Cc4ccccc4)CC3)c3ccc(N(C)C)cc3)cnc12. The molecule has 4 aromatic rings. The van der Waals surface area contributed by atoms with Gasteiger partial charge >= 0.3 is 0 Å². The smallest absolute Gasteiger partial charge is 0.221 e. The second-order valence-corrected chi connectivity index (χ2v) is 10.4. The van der Waals surface area contributed by atoms with Crippen LogP contribution in [0, 0.1) is 6.92 Å². The summed E-state index contributed by atoms with van der Waals surface area (Å²) < 4.78 is 2.13. The first-order valence-corrected chi connectivity index (χ1v) is 13.2. The fraction of sp³-hybridized carbons (Fsp3) is 0.355. The van der Waals surface area contributed by atoms with Gasteiger partial charge < -0.3 is 14.6 Å². The van der Waals surface area contributed by atoms with Crippen LogP contribution in [0.5, 0.6) is 0 Å². The van der Waals surface area contributed by atoms with Gasteiger partial charge in [0.05, 0.1) is 5.69 Å². The van der Waals surface area contributed by atoms with E-state index in [2.05, 4.69) is 87.1 Å². The number of aromatic nitrogens is 2. The van der Waals surface area contributed by atoms with Gasteiger partial charge in [0.1, 0.15) is 5.65 Å². The van der Waals surface area contributed by atoms with E-state index in [1.54, 1.807) is 0 Å². The third kappa shape index (κ3) is 5.86. The number of amides is 1. The number of pyridine rings is 1. The molecule has 1 fully saturated rings. The van der Waals surface area contributed by atoms with Gasteiger partial charge in [-0.3, -0.25) is 9.69 Å². The maximum absolute atomic E-state index is 13.4. The summed E-state index contributed by atoms with van der Waals surface area (Å²) >= 11 is 0.